The zero-order valence-electron chi connectivity index (χ0n) is 16.2. The highest BCUT2D eigenvalue weighted by molar-refractivity contribution is 6.22. The van der Waals surface area contributed by atoms with Gasteiger partial charge in [0.2, 0.25) is 5.91 Å². The Bertz CT molecular complexity index is 697. The van der Waals surface area contributed by atoms with Crippen LogP contribution in [0.1, 0.15) is 25.7 Å². The van der Waals surface area contributed by atoms with Crippen molar-refractivity contribution in [2.75, 3.05) is 50.8 Å². The van der Waals surface area contributed by atoms with Gasteiger partial charge in [-0.3, -0.25) is 19.4 Å². The summed E-state index contributed by atoms with van der Waals surface area (Å²) in [6.45, 7) is 6.55. The molecular weight excluding hydrogens is 361 g/mol. The van der Waals surface area contributed by atoms with Crippen LogP contribution in [0.4, 0.5) is 10.1 Å². The van der Waals surface area contributed by atoms with Gasteiger partial charge in [-0.15, -0.1) is 0 Å². The molecule has 0 aromatic heterocycles. The molecule has 0 bridgehead atoms. The van der Waals surface area contributed by atoms with Gasteiger partial charge < -0.3 is 4.74 Å². The van der Waals surface area contributed by atoms with Gasteiger partial charge in [-0.1, -0.05) is 0 Å². The molecule has 4 rings (SSSR count). The van der Waals surface area contributed by atoms with Gasteiger partial charge in [0.25, 0.3) is 5.91 Å². The topological polar surface area (TPSA) is 53.1 Å². The Morgan fingerprint density at radius 1 is 1.00 bits per heavy atom. The Hall–Kier alpha value is -1.83. The highest BCUT2D eigenvalue weighted by atomic mass is 19.1. The van der Waals surface area contributed by atoms with Crippen LogP contribution in [0, 0.1) is 11.7 Å². The van der Waals surface area contributed by atoms with Crippen LogP contribution in [0.2, 0.25) is 0 Å². The number of halogens is 1. The minimum atomic E-state index is -0.377. The van der Waals surface area contributed by atoms with Crippen molar-refractivity contribution in [3.63, 3.8) is 0 Å². The molecule has 152 valence electrons. The number of hydrogen-bond donors (Lipinski definition) is 0. The Morgan fingerprint density at radius 2 is 1.68 bits per heavy atom. The standard InChI is InChI=1S/C21H28FN3O3/c22-17-1-3-18(4-2-17)25-20(26)15-19(21(25)27)24-9-6-16(7-10-24)5-8-23-11-13-28-14-12-23/h1-4,16,19H,5-15H2/t19-/m1/s1. The third-order valence-corrected chi connectivity index (χ3v) is 6.25. The van der Waals surface area contributed by atoms with E-state index in [-0.39, 0.29) is 30.1 Å². The van der Waals surface area contributed by atoms with E-state index in [1.165, 1.54) is 35.6 Å². The first-order valence-electron chi connectivity index (χ1n) is 10.3. The zero-order chi connectivity index (χ0) is 19.5. The number of piperidine rings is 1. The number of ether oxygens (including phenoxy) is 1. The van der Waals surface area contributed by atoms with Gasteiger partial charge in [0, 0.05) is 13.1 Å². The van der Waals surface area contributed by atoms with E-state index in [1.807, 2.05) is 0 Å². The van der Waals surface area contributed by atoms with Gasteiger partial charge in [0.15, 0.2) is 0 Å². The maximum atomic E-state index is 13.1. The summed E-state index contributed by atoms with van der Waals surface area (Å²) in [5.41, 5.74) is 0.458. The van der Waals surface area contributed by atoms with Crippen molar-refractivity contribution in [2.24, 2.45) is 5.92 Å². The summed E-state index contributed by atoms with van der Waals surface area (Å²) in [6.07, 6.45) is 3.54. The molecule has 3 heterocycles. The van der Waals surface area contributed by atoms with E-state index in [0.29, 0.717) is 11.6 Å². The summed E-state index contributed by atoms with van der Waals surface area (Å²) in [5, 5.41) is 0. The van der Waals surface area contributed by atoms with E-state index in [4.69, 9.17) is 4.74 Å². The van der Waals surface area contributed by atoms with Gasteiger partial charge in [0.05, 0.1) is 31.4 Å². The molecule has 3 saturated heterocycles. The quantitative estimate of drug-likeness (QED) is 0.720. The molecule has 2 amide bonds. The van der Waals surface area contributed by atoms with Crippen LogP contribution in [-0.2, 0) is 14.3 Å². The van der Waals surface area contributed by atoms with Crippen LogP contribution < -0.4 is 4.90 Å². The van der Waals surface area contributed by atoms with Crippen LogP contribution in [0.5, 0.6) is 0 Å². The third-order valence-electron chi connectivity index (χ3n) is 6.25. The molecule has 3 aliphatic heterocycles. The van der Waals surface area contributed by atoms with E-state index >= 15 is 0 Å². The van der Waals surface area contributed by atoms with Crippen molar-refractivity contribution in [3.05, 3.63) is 30.1 Å². The lowest BCUT2D eigenvalue weighted by atomic mass is 9.92. The Labute approximate surface area is 165 Å². The normalized spacial score (nSPS) is 25.6. The van der Waals surface area contributed by atoms with Crippen molar-refractivity contribution < 1.29 is 18.7 Å². The molecule has 1 aromatic rings. The third kappa shape index (κ3) is 4.26. The lowest BCUT2D eigenvalue weighted by Gasteiger charge is -2.36. The van der Waals surface area contributed by atoms with Crippen molar-refractivity contribution in [2.45, 2.75) is 31.7 Å². The molecule has 0 N–H and O–H groups in total. The van der Waals surface area contributed by atoms with E-state index < -0.39 is 0 Å². The number of nitrogens with zero attached hydrogens (tertiary/aromatic N) is 3. The highest BCUT2D eigenvalue weighted by Crippen LogP contribution is 2.29. The molecule has 0 saturated carbocycles. The molecule has 0 unspecified atom stereocenters. The maximum Gasteiger partial charge on any atom is 0.251 e. The lowest BCUT2D eigenvalue weighted by Crippen LogP contribution is -2.46. The number of hydrogen-bond acceptors (Lipinski definition) is 5. The maximum absolute atomic E-state index is 13.1. The fraction of sp³-hybridized carbons (Fsp3) is 0.619. The fourth-order valence-electron chi connectivity index (χ4n) is 4.51. The molecule has 1 atom stereocenters. The monoisotopic (exact) mass is 389 g/mol. The van der Waals surface area contributed by atoms with Crippen molar-refractivity contribution in [1.82, 2.24) is 9.80 Å². The van der Waals surface area contributed by atoms with Crippen molar-refractivity contribution in [3.8, 4) is 0 Å². The molecule has 3 aliphatic rings. The predicted molar refractivity (Wildman–Crippen MR) is 103 cm³/mol. The minimum Gasteiger partial charge on any atom is -0.379 e. The number of benzene rings is 1. The number of rotatable bonds is 5. The van der Waals surface area contributed by atoms with E-state index in [9.17, 15) is 14.0 Å². The van der Waals surface area contributed by atoms with E-state index in [2.05, 4.69) is 9.80 Å². The highest BCUT2D eigenvalue weighted by Gasteiger charge is 2.43. The first kappa shape index (κ1) is 19.5. The van der Waals surface area contributed by atoms with Gasteiger partial charge in [-0.25, -0.2) is 9.29 Å². The number of anilines is 1. The number of likely N-dealkylation sites (tertiary alicyclic amines) is 1. The van der Waals surface area contributed by atoms with E-state index in [0.717, 1.165) is 58.8 Å². The van der Waals surface area contributed by atoms with Crippen LogP contribution in [-0.4, -0.2) is 73.6 Å². The molecule has 0 spiro atoms. The predicted octanol–water partition coefficient (Wildman–Crippen LogP) is 1.89. The summed E-state index contributed by atoms with van der Waals surface area (Å²) in [4.78, 5) is 31.1. The number of amides is 2. The summed E-state index contributed by atoms with van der Waals surface area (Å²) >= 11 is 0. The average molecular weight is 389 g/mol. The molecule has 6 nitrogen and oxygen atoms in total. The lowest BCUT2D eigenvalue weighted by molar-refractivity contribution is -0.123. The second-order valence-electron chi connectivity index (χ2n) is 7.99. The smallest absolute Gasteiger partial charge is 0.251 e. The Kier molecular flexibility index (Phi) is 6.04. The SMILES string of the molecule is O=C1C[C@@H](N2CCC(CCN3CCOCC3)CC2)C(=O)N1c1ccc(F)cc1. The summed E-state index contributed by atoms with van der Waals surface area (Å²) < 4.78 is 18.5. The second kappa shape index (κ2) is 8.68. The van der Waals surface area contributed by atoms with Crippen molar-refractivity contribution in [1.29, 1.82) is 0 Å². The molecule has 28 heavy (non-hydrogen) atoms. The van der Waals surface area contributed by atoms with Crippen LogP contribution in [0.25, 0.3) is 0 Å². The number of carbonyl (C=O) groups is 2. The number of morpholine rings is 1. The number of imide groups is 1. The fourth-order valence-corrected chi connectivity index (χ4v) is 4.51. The Morgan fingerprint density at radius 3 is 2.36 bits per heavy atom. The molecule has 0 aliphatic carbocycles. The van der Waals surface area contributed by atoms with Gasteiger partial charge in [-0.2, -0.15) is 0 Å². The first-order chi connectivity index (χ1) is 13.6. The molecule has 1 aromatic carbocycles. The van der Waals surface area contributed by atoms with Gasteiger partial charge >= 0.3 is 0 Å². The molecule has 3 fully saturated rings. The van der Waals surface area contributed by atoms with Crippen molar-refractivity contribution >= 4 is 17.5 Å². The second-order valence-corrected chi connectivity index (χ2v) is 7.99. The molecule has 7 heteroatoms. The Balaban J connectivity index is 1.29. The summed E-state index contributed by atoms with van der Waals surface area (Å²) in [5.74, 6) is -0.0718. The zero-order valence-corrected chi connectivity index (χ0v) is 16.2. The molecular formula is C21H28FN3O3. The minimum absolute atomic E-state index is 0.177. The van der Waals surface area contributed by atoms with Crippen LogP contribution in [0.3, 0.4) is 0 Å². The van der Waals surface area contributed by atoms with E-state index in [1.54, 1.807) is 0 Å². The van der Waals surface area contributed by atoms with Gasteiger partial charge in [0.1, 0.15) is 5.82 Å². The van der Waals surface area contributed by atoms with Crippen LogP contribution in [0.15, 0.2) is 24.3 Å². The largest absolute Gasteiger partial charge is 0.379 e. The summed E-state index contributed by atoms with van der Waals surface area (Å²) in [7, 11) is 0. The number of carbonyl (C=O) groups excluding carboxylic acids is 2. The average Bonchev–Trinajstić information content (AvgIpc) is 3.02. The molecule has 0 radical (unpaired) electrons. The summed E-state index contributed by atoms with van der Waals surface area (Å²) in [6, 6.07) is 5.17. The first-order valence-corrected chi connectivity index (χ1v) is 10.3. The van der Waals surface area contributed by atoms with Gasteiger partial charge in [-0.05, 0) is 69.1 Å². The van der Waals surface area contributed by atoms with Crippen LogP contribution >= 0.6 is 0 Å².